The van der Waals surface area contributed by atoms with Crippen LogP contribution in [-0.2, 0) is 15.9 Å². The number of benzene rings is 1. The molecule has 14 heavy (non-hydrogen) atoms. The van der Waals surface area contributed by atoms with Crippen LogP contribution in [-0.4, -0.2) is 28.0 Å². The first-order chi connectivity index (χ1) is 6.63. The average molecular weight is 215 g/mol. The number of hydrogen-bond acceptors (Lipinski definition) is 3. The van der Waals surface area contributed by atoms with Crippen molar-refractivity contribution in [3.63, 3.8) is 0 Å². The third-order valence-electron chi connectivity index (χ3n) is 1.62. The molecule has 0 aliphatic carbocycles. The van der Waals surface area contributed by atoms with Crippen molar-refractivity contribution in [3.8, 4) is 0 Å². The first kappa shape index (κ1) is 11.2. The Morgan fingerprint density at radius 2 is 2.00 bits per heavy atom. The van der Waals surface area contributed by atoms with E-state index in [0.717, 1.165) is 0 Å². The molecule has 76 valence electrons. The van der Waals surface area contributed by atoms with Gasteiger partial charge in [-0.2, -0.15) is 0 Å². The molecule has 1 unspecified atom stereocenters. The van der Waals surface area contributed by atoms with Gasteiger partial charge >= 0.3 is 7.12 Å². The van der Waals surface area contributed by atoms with E-state index < -0.39 is 18.4 Å². The van der Waals surface area contributed by atoms with E-state index in [1.807, 2.05) is 0 Å². The summed E-state index contributed by atoms with van der Waals surface area (Å²) in [5, 5.41) is 9.25. The molecule has 0 heterocycles. The lowest BCUT2D eigenvalue weighted by Gasteiger charge is -2.05. The van der Waals surface area contributed by atoms with Gasteiger partial charge in [0.05, 0.1) is 0 Å². The summed E-state index contributed by atoms with van der Waals surface area (Å²) in [6.45, 7) is 0. The average Bonchev–Trinajstić information content (AvgIpc) is 2.17. The monoisotopic (exact) mass is 215 g/mol. The van der Waals surface area contributed by atoms with Crippen LogP contribution in [0, 0.1) is 0 Å². The fourth-order valence-electron chi connectivity index (χ4n) is 0.953. The molecule has 7 heteroatoms. The molecule has 0 amide bonds. The summed E-state index contributed by atoms with van der Waals surface area (Å²) in [6.07, 6.45) is 0. The molecule has 0 aliphatic rings. The third-order valence-corrected chi connectivity index (χ3v) is 2.03. The highest BCUT2D eigenvalue weighted by molar-refractivity contribution is 7.80. The molecule has 0 bridgehead atoms. The summed E-state index contributed by atoms with van der Waals surface area (Å²) >= 11 is -2.08. The minimum atomic E-state index is -2.08. The lowest BCUT2D eigenvalue weighted by molar-refractivity contribution is 0.341. The number of hydrogen-bond donors (Lipinski definition) is 3. The van der Waals surface area contributed by atoms with Crippen molar-refractivity contribution in [2.24, 2.45) is 0 Å². The maximum absolute atomic E-state index is 10.4. The van der Waals surface area contributed by atoms with Crippen molar-refractivity contribution < 1.29 is 18.4 Å². The summed E-state index contributed by atoms with van der Waals surface area (Å²) in [6, 6.07) is 6.35. The van der Waals surface area contributed by atoms with E-state index in [1.54, 1.807) is 24.3 Å². The first-order valence-electron chi connectivity index (χ1n) is 3.82. The van der Waals surface area contributed by atoms with E-state index in [-0.39, 0.29) is 0 Å². The predicted molar refractivity (Wildman–Crippen MR) is 55.5 cm³/mol. The number of nitrogens with one attached hydrogen (secondary N) is 1. The maximum Gasteiger partial charge on any atom is 0.490 e. The van der Waals surface area contributed by atoms with Gasteiger partial charge in [0.25, 0.3) is 11.3 Å². The van der Waals surface area contributed by atoms with Crippen molar-refractivity contribution >= 4 is 29.5 Å². The van der Waals surface area contributed by atoms with Crippen LogP contribution in [0.2, 0.25) is 0 Å². The molecule has 0 fully saturated rings. The quantitative estimate of drug-likeness (QED) is 0.470. The Bertz CT molecular complexity index is 318. The van der Waals surface area contributed by atoms with Gasteiger partial charge in [0, 0.05) is 12.8 Å². The molecule has 1 aromatic carbocycles. The fourth-order valence-corrected chi connectivity index (χ4v) is 1.29. The highest BCUT2D eigenvalue weighted by Crippen LogP contribution is 2.04. The Kier molecular flexibility index (Phi) is 4.08. The zero-order valence-electron chi connectivity index (χ0n) is 7.51. The van der Waals surface area contributed by atoms with Crippen molar-refractivity contribution in [2.45, 2.75) is 0 Å². The van der Waals surface area contributed by atoms with Gasteiger partial charge in [0.15, 0.2) is 0 Å². The van der Waals surface area contributed by atoms with Crippen LogP contribution >= 0.6 is 0 Å². The summed E-state index contributed by atoms with van der Waals surface area (Å²) in [4.78, 5) is 0. The van der Waals surface area contributed by atoms with Crippen molar-refractivity contribution in [3.05, 3.63) is 24.3 Å². The standard InChI is InChI=1S/C7H10BNO4S/c1-13-8(10)6-2-4-7(5-3-6)9-14(11)12/h2-5,9-10H,1H3,(H,11,12). The second kappa shape index (κ2) is 5.11. The van der Waals surface area contributed by atoms with Gasteiger partial charge < -0.3 is 9.68 Å². The van der Waals surface area contributed by atoms with Crippen LogP contribution in [0.5, 0.6) is 0 Å². The molecular formula is C7H10BNO4S. The lowest BCUT2D eigenvalue weighted by Crippen LogP contribution is -2.32. The van der Waals surface area contributed by atoms with Crippen LogP contribution in [0.4, 0.5) is 5.69 Å². The topological polar surface area (TPSA) is 78.8 Å². The van der Waals surface area contributed by atoms with Gasteiger partial charge in [-0.05, 0) is 17.6 Å². The van der Waals surface area contributed by atoms with Gasteiger partial charge in [-0.1, -0.05) is 12.1 Å². The van der Waals surface area contributed by atoms with Crippen molar-refractivity contribution in [1.29, 1.82) is 0 Å². The minimum Gasteiger partial charge on any atom is -0.423 e. The van der Waals surface area contributed by atoms with Crippen LogP contribution in [0.1, 0.15) is 0 Å². The Hall–Kier alpha value is -0.885. The highest BCUT2D eigenvalue weighted by atomic mass is 32.2. The van der Waals surface area contributed by atoms with E-state index in [4.69, 9.17) is 4.55 Å². The molecule has 0 aromatic heterocycles. The zero-order valence-corrected chi connectivity index (χ0v) is 8.32. The number of anilines is 1. The van der Waals surface area contributed by atoms with Crippen molar-refractivity contribution in [2.75, 3.05) is 11.8 Å². The second-order valence-corrected chi connectivity index (χ2v) is 3.26. The van der Waals surface area contributed by atoms with Gasteiger partial charge in [0.2, 0.25) is 0 Å². The smallest absolute Gasteiger partial charge is 0.423 e. The molecule has 1 rings (SSSR count). The maximum atomic E-state index is 10.4. The summed E-state index contributed by atoms with van der Waals surface area (Å²) in [7, 11) is 0.420. The second-order valence-electron chi connectivity index (χ2n) is 2.56. The molecule has 0 radical (unpaired) electrons. The summed E-state index contributed by atoms with van der Waals surface area (Å²) in [5.41, 5.74) is 1.08. The van der Waals surface area contributed by atoms with Crippen LogP contribution in [0.25, 0.3) is 0 Å². The molecular weight excluding hydrogens is 205 g/mol. The van der Waals surface area contributed by atoms with Gasteiger partial charge in [-0.3, -0.25) is 9.27 Å². The Labute approximate surface area is 84.7 Å². The summed E-state index contributed by atoms with van der Waals surface area (Å²) < 4.78 is 25.9. The molecule has 0 saturated carbocycles. The fraction of sp³-hybridized carbons (Fsp3) is 0.143. The van der Waals surface area contributed by atoms with Gasteiger partial charge in [0.1, 0.15) is 0 Å². The van der Waals surface area contributed by atoms with Crippen LogP contribution in [0.3, 0.4) is 0 Å². The predicted octanol–water partition coefficient (Wildman–Crippen LogP) is -0.431. The van der Waals surface area contributed by atoms with Crippen LogP contribution < -0.4 is 10.2 Å². The van der Waals surface area contributed by atoms with E-state index in [1.165, 1.54) is 7.11 Å². The van der Waals surface area contributed by atoms with E-state index in [9.17, 15) is 9.23 Å². The largest absolute Gasteiger partial charge is 0.490 e. The minimum absolute atomic E-state index is 0.498. The molecule has 0 aliphatic heterocycles. The van der Waals surface area contributed by atoms with E-state index >= 15 is 0 Å². The molecule has 3 N–H and O–H groups in total. The van der Waals surface area contributed by atoms with E-state index in [2.05, 4.69) is 9.38 Å². The highest BCUT2D eigenvalue weighted by Gasteiger charge is 2.13. The van der Waals surface area contributed by atoms with Crippen LogP contribution in [0.15, 0.2) is 24.3 Å². The molecule has 0 saturated heterocycles. The molecule has 0 spiro atoms. The zero-order chi connectivity index (χ0) is 10.6. The van der Waals surface area contributed by atoms with Gasteiger partial charge in [-0.25, -0.2) is 4.21 Å². The van der Waals surface area contributed by atoms with Gasteiger partial charge in [-0.15, -0.1) is 0 Å². The SMILES string of the molecule is COB(O)c1ccc(NS(=O)O)cc1. The van der Waals surface area contributed by atoms with E-state index in [0.29, 0.717) is 11.2 Å². The molecule has 5 nitrogen and oxygen atoms in total. The Morgan fingerprint density at radius 1 is 1.43 bits per heavy atom. The normalized spacial score (nSPS) is 12.2. The summed E-state index contributed by atoms with van der Waals surface area (Å²) in [5.74, 6) is 0. The Morgan fingerprint density at radius 3 is 2.43 bits per heavy atom. The molecule has 1 atom stereocenters. The first-order valence-corrected chi connectivity index (χ1v) is 4.92. The number of rotatable bonds is 4. The van der Waals surface area contributed by atoms with Crippen molar-refractivity contribution in [1.82, 2.24) is 0 Å². The Balaban J connectivity index is 2.73. The molecule has 1 aromatic rings. The third kappa shape index (κ3) is 3.11. The lowest BCUT2D eigenvalue weighted by atomic mass is 9.80.